The summed E-state index contributed by atoms with van der Waals surface area (Å²) in [7, 11) is 1.89. The fourth-order valence-corrected chi connectivity index (χ4v) is 3.38. The van der Waals surface area contributed by atoms with Gasteiger partial charge in [-0.2, -0.15) is 5.10 Å². The lowest BCUT2D eigenvalue weighted by molar-refractivity contribution is -0.122. The second-order valence-corrected chi connectivity index (χ2v) is 6.31. The van der Waals surface area contributed by atoms with E-state index in [1.807, 2.05) is 41.9 Å². The highest BCUT2D eigenvalue weighted by Crippen LogP contribution is 2.28. The summed E-state index contributed by atoms with van der Waals surface area (Å²) in [6.07, 6.45) is 4.63. The summed E-state index contributed by atoms with van der Waals surface area (Å²) in [6.45, 7) is 1.25. The molecule has 4 rings (SSSR count). The third-order valence-electron chi connectivity index (χ3n) is 4.70. The predicted molar refractivity (Wildman–Crippen MR) is 92.8 cm³/mol. The number of aryl methyl sites for hydroxylation is 2. The maximum absolute atomic E-state index is 12.4. The van der Waals surface area contributed by atoms with Crippen LogP contribution in [0.4, 0.5) is 0 Å². The highest BCUT2D eigenvalue weighted by atomic mass is 16.5. The van der Waals surface area contributed by atoms with Crippen molar-refractivity contribution in [2.45, 2.75) is 31.5 Å². The van der Waals surface area contributed by atoms with Gasteiger partial charge in [0.25, 0.3) is 0 Å². The summed E-state index contributed by atoms with van der Waals surface area (Å²) < 4.78 is 9.62. The Morgan fingerprint density at radius 2 is 2.24 bits per heavy atom. The van der Waals surface area contributed by atoms with Crippen molar-refractivity contribution in [3.05, 3.63) is 48.5 Å². The van der Waals surface area contributed by atoms with Gasteiger partial charge in [-0.3, -0.25) is 9.48 Å². The fourth-order valence-electron chi connectivity index (χ4n) is 3.38. The van der Waals surface area contributed by atoms with E-state index in [2.05, 4.69) is 15.4 Å². The summed E-state index contributed by atoms with van der Waals surface area (Å²) in [5.41, 5.74) is 2.99. The molecule has 1 saturated heterocycles. The van der Waals surface area contributed by atoms with Gasteiger partial charge in [0.05, 0.1) is 29.1 Å². The number of para-hydroxylation sites is 2. The molecule has 7 nitrogen and oxygen atoms in total. The highest BCUT2D eigenvalue weighted by Gasteiger charge is 2.32. The Kier molecular flexibility index (Phi) is 4.23. The van der Waals surface area contributed by atoms with Gasteiger partial charge in [0.2, 0.25) is 5.91 Å². The lowest BCUT2D eigenvalue weighted by atomic mass is 10.1. The Labute approximate surface area is 145 Å². The number of hydrogen-bond acceptors (Lipinski definition) is 4. The maximum Gasteiger partial charge on any atom is 0.222 e. The number of hydrogen-bond donors (Lipinski definition) is 1. The molecule has 3 heterocycles. The van der Waals surface area contributed by atoms with E-state index in [0.29, 0.717) is 19.6 Å². The SMILES string of the molecule is Cn1nccc1[C@H]1OCC[C@@H]1NC(=O)CCn1cnc2ccccc21. The van der Waals surface area contributed by atoms with E-state index in [0.717, 1.165) is 23.1 Å². The summed E-state index contributed by atoms with van der Waals surface area (Å²) in [4.78, 5) is 16.8. The summed E-state index contributed by atoms with van der Waals surface area (Å²) in [5.74, 6) is 0.0282. The lowest BCUT2D eigenvalue weighted by Gasteiger charge is -2.20. The van der Waals surface area contributed by atoms with E-state index in [4.69, 9.17) is 4.74 Å². The van der Waals surface area contributed by atoms with Crippen molar-refractivity contribution in [1.29, 1.82) is 0 Å². The number of carbonyl (C=O) groups excluding carboxylic acids is 1. The van der Waals surface area contributed by atoms with Crippen molar-refractivity contribution in [2.75, 3.05) is 6.61 Å². The van der Waals surface area contributed by atoms with Crippen LogP contribution in [0.5, 0.6) is 0 Å². The van der Waals surface area contributed by atoms with Gasteiger partial charge in [-0.25, -0.2) is 4.98 Å². The molecule has 1 aliphatic heterocycles. The number of benzene rings is 1. The standard InChI is InChI=1S/C18H21N5O2/c1-22-16(6-9-20-22)18-14(8-11-25-18)21-17(24)7-10-23-12-19-13-4-2-3-5-15(13)23/h2-6,9,12,14,18H,7-8,10-11H2,1H3,(H,21,24)/t14-,18-/m0/s1. The molecule has 1 fully saturated rings. The Morgan fingerprint density at radius 3 is 3.08 bits per heavy atom. The van der Waals surface area contributed by atoms with Gasteiger partial charge in [0.15, 0.2) is 0 Å². The zero-order chi connectivity index (χ0) is 17.2. The number of carbonyl (C=O) groups is 1. The maximum atomic E-state index is 12.4. The van der Waals surface area contributed by atoms with Crippen LogP contribution in [0.25, 0.3) is 11.0 Å². The first-order valence-electron chi connectivity index (χ1n) is 8.51. The average molecular weight is 339 g/mol. The highest BCUT2D eigenvalue weighted by molar-refractivity contribution is 5.77. The molecule has 2 aromatic heterocycles. The Morgan fingerprint density at radius 1 is 1.36 bits per heavy atom. The number of nitrogens with one attached hydrogen (secondary N) is 1. The van der Waals surface area contributed by atoms with Gasteiger partial charge in [-0.05, 0) is 24.6 Å². The van der Waals surface area contributed by atoms with Crippen molar-refractivity contribution >= 4 is 16.9 Å². The van der Waals surface area contributed by atoms with Crippen LogP contribution >= 0.6 is 0 Å². The van der Waals surface area contributed by atoms with E-state index >= 15 is 0 Å². The summed E-state index contributed by atoms with van der Waals surface area (Å²) in [5, 5.41) is 7.30. The minimum atomic E-state index is -0.134. The molecule has 0 saturated carbocycles. The van der Waals surface area contributed by atoms with Crippen LogP contribution < -0.4 is 5.32 Å². The molecule has 1 N–H and O–H groups in total. The number of imidazole rings is 1. The minimum Gasteiger partial charge on any atom is -0.370 e. The molecule has 7 heteroatoms. The van der Waals surface area contributed by atoms with E-state index in [9.17, 15) is 4.79 Å². The molecule has 0 bridgehead atoms. The van der Waals surface area contributed by atoms with E-state index in [1.54, 1.807) is 17.2 Å². The Hall–Kier alpha value is -2.67. The monoisotopic (exact) mass is 339 g/mol. The summed E-state index contributed by atoms with van der Waals surface area (Å²) in [6, 6.07) is 9.86. The van der Waals surface area contributed by atoms with Crippen molar-refractivity contribution < 1.29 is 9.53 Å². The summed E-state index contributed by atoms with van der Waals surface area (Å²) >= 11 is 0. The first-order valence-corrected chi connectivity index (χ1v) is 8.51. The normalized spacial score (nSPS) is 20.2. The molecule has 130 valence electrons. The van der Waals surface area contributed by atoms with Crippen molar-refractivity contribution in [3.8, 4) is 0 Å². The van der Waals surface area contributed by atoms with E-state index in [1.165, 1.54) is 0 Å². The van der Waals surface area contributed by atoms with Gasteiger partial charge < -0.3 is 14.6 Å². The Balaban J connectivity index is 1.38. The lowest BCUT2D eigenvalue weighted by Crippen LogP contribution is -2.37. The minimum absolute atomic E-state index is 0.0116. The number of amides is 1. The third-order valence-corrected chi connectivity index (χ3v) is 4.70. The van der Waals surface area contributed by atoms with Crippen molar-refractivity contribution in [3.63, 3.8) is 0 Å². The smallest absolute Gasteiger partial charge is 0.222 e. The average Bonchev–Trinajstić information content (AvgIpc) is 3.33. The number of fused-ring (bicyclic) bond motifs is 1. The van der Waals surface area contributed by atoms with Gasteiger partial charge in [-0.15, -0.1) is 0 Å². The molecule has 0 aliphatic carbocycles. The number of ether oxygens (including phenoxy) is 1. The molecule has 3 aromatic rings. The van der Waals surface area contributed by atoms with E-state index in [-0.39, 0.29) is 18.1 Å². The quantitative estimate of drug-likeness (QED) is 0.769. The molecule has 0 unspecified atom stereocenters. The first-order chi connectivity index (χ1) is 12.2. The van der Waals surface area contributed by atoms with Gasteiger partial charge in [0.1, 0.15) is 6.10 Å². The van der Waals surface area contributed by atoms with Crippen LogP contribution in [-0.2, 0) is 23.1 Å². The molecule has 1 aromatic carbocycles. The van der Waals surface area contributed by atoms with Crippen LogP contribution in [0.2, 0.25) is 0 Å². The Bertz CT molecular complexity index is 884. The van der Waals surface area contributed by atoms with E-state index < -0.39 is 0 Å². The molecule has 1 aliphatic rings. The molecule has 0 radical (unpaired) electrons. The second kappa shape index (κ2) is 6.68. The van der Waals surface area contributed by atoms with Crippen LogP contribution in [-0.4, -0.2) is 37.9 Å². The molecular formula is C18H21N5O2. The van der Waals surface area contributed by atoms with Gasteiger partial charge in [-0.1, -0.05) is 12.1 Å². The zero-order valence-electron chi connectivity index (χ0n) is 14.1. The molecule has 0 spiro atoms. The molecule has 25 heavy (non-hydrogen) atoms. The predicted octanol–water partition coefficient (Wildman–Crippen LogP) is 1.81. The number of aromatic nitrogens is 4. The zero-order valence-corrected chi connectivity index (χ0v) is 14.1. The van der Waals surface area contributed by atoms with Crippen molar-refractivity contribution in [1.82, 2.24) is 24.6 Å². The second-order valence-electron chi connectivity index (χ2n) is 6.31. The van der Waals surface area contributed by atoms with Crippen LogP contribution in [0.15, 0.2) is 42.9 Å². The topological polar surface area (TPSA) is 74.0 Å². The van der Waals surface area contributed by atoms with Crippen LogP contribution in [0.1, 0.15) is 24.6 Å². The van der Waals surface area contributed by atoms with Gasteiger partial charge >= 0.3 is 0 Å². The number of nitrogens with zero attached hydrogens (tertiary/aromatic N) is 4. The largest absolute Gasteiger partial charge is 0.370 e. The first kappa shape index (κ1) is 15.8. The number of rotatable bonds is 5. The van der Waals surface area contributed by atoms with Gasteiger partial charge in [0, 0.05) is 32.8 Å². The molecule has 1 amide bonds. The van der Waals surface area contributed by atoms with Crippen LogP contribution in [0.3, 0.4) is 0 Å². The van der Waals surface area contributed by atoms with Crippen LogP contribution in [0, 0.1) is 0 Å². The fraction of sp³-hybridized carbons (Fsp3) is 0.389. The van der Waals surface area contributed by atoms with Crippen molar-refractivity contribution in [2.24, 2.45) is 7.05 Å². The molecular weight excluding hydrogens is 318 g/mol. The molecule has 2 atom stereocenters. The third kappa shape index (κ3) is 3.15.